The predicted octanol–water partition coefficient (Wildman–Crippen LogP) is 3.24. The van der Waals surface area contributed by atoms with Gasteiger partial charge in [0.2, 0.25) is 0 Å². The Hall–Kier alpha value is 0.639. The van der Waals surface area contributed by atoms with E-state index < -0.39 is 18.4 Å². The summed E-state index contributed by atoms with van der Waals surface area (Å²) in [6, 6.07) is 0. The van der Waals surface area contributed by atoms with Crippen molar-refractivity contribution < 1.29 is 0 Å². The zero-order valence-electron chi connectivity index (χ0n) is 18.8. The first-order valence-electron chi connectivity index (χ1n) is 10.3. The first-order valence-corrected chi connectivity index (χ1v) is 18.3. The van der Waals surface area contributed by atoms with E-state index in [-0.39, 0.29) is 0 Å². The van der Waals surface area contributed by atoms with Crippen molar-refractivity contribution in [3.63, 3.8) is 0 Å². The summed E-state index contributed by atoms with van der Waals surface area (Å²) in [6.45, 7) is 5.09. The molecule has 0 amide bonds. The van der Waals surface area contributed by atoms with Crippen LogP contribution in [0.2, 0.25) is 17.7 Å². The predicted molar refractivity (Wildman–Crippen MR) is 118 cm³/mol. The fourth-order valence-corrected chi connectivity index (χ4v) is 18.5. The van der Waals surface area contributed by atoms with E-state index in [0.29, 0.717) is 0 Å². The van der Waals surface area contributed by atoms with Crippen LogP contribution in [0.1, 0.15) is 25.7 Å². The van der Waals surface area contributed by atoms with E-state index >= 15 is 0 Å². The van der Waals surface area contributed by atoms with Gasteiger partial charge in [-0.15, -0.1) is 0 Å². The zero-order valence-corrected chi connectivity index (χ0v) is 21.6. The second-order valence-corrected chi connectivity index (χ2v) is 23.4. The molecule has 0 rings (SSSR count). The van der Waals surface area contributed by atoms with Gasteiger partial charge in [0.25, 0.3) is 0 Å². The van der Waals surface area contributed by atoms with E-state index in [1.54, 1.807) is 17.7 Å². The van der Waals surface area contributed by atoms with Crippen LogP contribution in [0.5, 0.6) is 0 Å². The van der Waals surface area contributed by atoms with Crippen molar-refractivity contribution in [2.45, 2.75) is 43.4 Å². The molecule has 0 aliphatic carbocycles. The van der Waals surface area contributed by atoms with E-state index in [4.69, 9.17) is 0 Å². The first-order chi connectivity index (χ1) is 11.7. The van der Waals surface area contributed by atoms with Gasteiger partial charge in [-0.25, -0.2) is 0 Å². The second-order valence-electron chi connectivity index (χ2n) is 9.13. The summed E-state index contributed by atoms with van der Waals surface area (Å²) in [6.07, 6.45) is 5.70. The molecule has 0 aliphatic heterocycles. The third kappa shape index (κ3) is 15.4. The fourth-order valence-electron chi connectivity index (χ4n) is 3.83. The molecule has 0 aromatic rings. The topological polar surface area (TPSA) is 13.0 Å². The molecule has 152 valence electrons. The summed E-state index contributed by atoms with van der Waals surface area (Å²) in [5.41, 5.74) is 0. The molecule has 0 radical (unpaired) electrons. The van der Waals surface area contributed by atoms with Gasteiger partial charge in [0, 0.05) is 0 Å². The van der Waals surface area contributed by atoms with Gasteiger partial charge in [-0.05, 0) is 0 Å². The average Bonchev–Trinajstić information content (AvgIpc) is 2.45. The molecule has 0 bridgehead atoms. The fraction of sp³-hybridized carbons (Fsp3) is 1.00. The van der Waals surface area contributed by atoms with Gasteiger partial charge in [0.05, 0.1) is 0 Å². The van der Waals surface area contributed by atoms with Gasteiger partial charge in [-0.2, -0.15) is 0 Å². The van der Waals surface area contributed by atoms with Crippen LogP contribution in [-0.2, 0) is 0 Å². The molecule has 0 saturated heterocycles. The van der Waals surface area contributed by atoms with Crippen LogP contribution in [0.4, 0.5) is 0 Å². The van der Waals surface area contributed by atoms with Crippen molar-refractivity contribution in [3.8, 4) is 0 Å². The Bertz CT molecular complexity index is 245. The maximum atomic E-state index is 2.37. The SMILES string of the molecule is CN(C)CC[CH2][Sn]([CH2]CCN(C)C)([CH2]CCN(C)C)[CH2]CCN(C)C. The third-order valence-electron chi connectivity index (χ3n) is 5.25. The Kier molecular flexibility index (Phi) is 15.0. The summed E-state index contributed by atoms with van der Waals surface area (Å²) in [5, 5.41) is 0. The van der Waals surface area contributed by atoms with E-state index in [0.717, 1.165) is 0 Å². The normalized spacial score (nSPS) is 13.0. The van der Waals surface area contributed by atoms with Gasteiger partial charge in [-0.1, -0.05) is 0 Å². The van der Waals surface area contributed by atoms with Crippen molar-refractivity contribution in [2.24, 2.45) is 0 Å². The molecular formula is C20H48N4Sn. The molecule has 25 heavy (non-hydrogen) atoms. The molecule has 0 atom stereocenters. The molecule has 5 heteroatoms. The summed E-state index contributed by atoms with van der Waals surface area (Å²) in [7, 11) is 17.8. The Labute approximate surface area is 163 Å². The van der Waals surface area contributed by atoms with Crippen LogP contribution in [0.15, 0.2) is 0 Å². The van der Waals surface area contributed by atoms with Crippen molar-refractivity contribution in [2.75, 3.05) is 82.6 Å². The Morgan fingerprint density at radius 3 is 0.760 bits per heavy atom. The van der Waals surface area contributed by atoms with Crippen LogP contribution in [0.3, 0.4) is 0 Å². The van der Waals surface area contributed by atoms with E-state index in [1.807, 2.05) is 0 Å². The summed E-state index contributed by atoms with van der Waals surface area (Å²) in [5.74, 6) is 0. The van der Waals surface area contributed by atoms with Crippen LogP contribution >= 0.6 is 0 Å². The molecule has 0 aromatic carbocycles. The minimum atomic E-state index is -2.04. The van der Waals surface area contributed by atoms with E-state index in [9.17, 15) is 0 Å². The molecule has 0 heterocycles. The molecule has 0 aromatic heterocycles. The van der Waals surface area contributed by atoms with Gasteiger partial charge >= 0.3 is 164 Å². The Morgan fingerprint density at radius 2 is 0.600 bits per heavy atom. The molecule has 0 saturated carbocycles. The first kappa shape index (κ1) is 25.6. The number of hydrogen-bond donors (Lipinski definition) is 0. The third-order valence-corrected chi connectivity index (χ3v) is 21.4. The van der Waals surface area contributed by atoms with Gasteiger partial charge in [-0.3, -0.25) is 0 Å². The van der Waals surface area contributed by atoms with Crippen LogP contribution in [0, 0.1) is 0 Å². The van der Waals surface area contributed by atoms with Crippen molar-refractivity contribution >= 4 is 18.4 Å². The summed E-state index contributed by atoms with van der Waals surface area (Å²) < 4.78 is 6.39. The summed E-state index contributed by atoms with van der Waals surface area (Å²) >= 11 is -2.04. The van der Waals surface area contributed by atoms with Crippen LogP contribution in [-0.4, -0.2) is 121 Å². The molecule has 0 fully saturated rings. The van der Waals surface area contributed by atoms with Crippen molar-refractivity contribution in [1.29, 1.82) is 0 Å². The van der Waals surface area contributed by atoms with E-state index in [2.05, 4.69) is 76.0 Å². The van der Waals surface area contributed by atoms with Crippen molar-refractivity contribution in [3.05, 3.63) is 0 Å². The quantitative estimate of drug-likeness (QED) is 0.326. The number of rotatable bonds is 16. The monoisotopic (exact) mass is 464 g/mol. The molecule has 0 spiro atoms. The summed E-state index contributed by atoms with van der Waals surface area (Å²) in [4.78, 5) is 9.48. The van der Waals surface area contributed by atoms with Gasteiger partial charge in [0.15, 0.2) is 0 Å². The Balaban J connectivity index is 4.85. The van der Waals surface area contributed by atoms with Crippen LogP contribution < -0.4 is 0 Å². The minimum absolute atomic E-state index is 1.27. The standard InChI is InChI=1S/4C5H12N.Sn/c4*1-4-5-6(2)3;/h4*1,4-5H2,2-3H3;. The molecule has 0 N–H and O–H groups in total. The maximum absolute atomic E-state index is 2.37. The number of nitrogens with zero attached hydrogens (tertiary/aromatic N) is 4. The second kappa shape index (κ2) is 14.7. The zero-order chi connectivity index (χ0) is 19.3. The van der Waals surface area contributed by atoms with E-state index in [1.165, 1.54) is 51.9 Å². The van der Waals surface area contributed by atoms with Gasteiger partial charge < -0.3 is 0 Å². The molecule has 4 nitrogen and oxygen atoms in total. The average molecular weight is 463 g/mol. The molecule has 0 unspecified atom stereocenters. The Morgan fingerprint density at radius 1 is 0.400 bits per heavy atom. The number of hydrogen-bond acceptors (Lipinski definition) is 4. The van der Waals surface area contributed by atoms with Crippen LogP contribution in [0.25, 0.3) is 0 Å². The van der Waals surface area contributed by atoms with Gasteiger partial charge in [0.1, 0.15) is 0 Å². The van der Waals surface area contributed by atoms with Crippen molar-refractivity contribution in [1.82, 2.24) is 19.6 Å². The molecule has 0 aliphatic rings. The molecular weight excluding hydrogens is 415 g/mol.